The van der Waals surface area contributed by atoms with Crippen LogP contribution in [0.3, 0.4) is 0 Å². The maximum atomic E-state index is 13.1. The van der Waals surface area contributed by atoms with Crippen molar-refractivity contribution in [2.45, 2.75) is 46.3 Å². The van der Waals surface area contributed by atoms with E-state index in [0.717, 1.165) is 16.9 Å². The highest BCUT2D eigenvalue weighted by atomic mass is 16.3. The lowest BCUT2D eigenvalue weighted by atomic mass is 10.0. The molecule has 6 heteroatoms. The number of hydrogen-bond acceptors (Lipinski definition) is 4. The minimum absolute atomic E-state index is 0.0108. The minimum Gasteiger partial charge on any atom is -0.464 e. The van der Waals surface area contributed by atoms with Crippen LogP contribution in [0.1, 0.15) is 33.3 Å². The number of piperazine rings is 1. The average Bonchev–Trinajstić information content (AvgIpc) is 3.30. The predicted octanol–water partition coefficient (Wildman–Crippen LogP) is 3.14. The van der Waals surface area contributed by atoms with Crippen molar-refractivity contribution >= 4 is 11.8 Å². The first-order chi connectivity index (χ1) is 14.9. The van der Waals surface area contributed by atoms with E-state index in [1.165, 1.54) is 0 Å². The third-order valence-electron chi connectivity index (χ3n) is 5.52. The number of hydrogen-bond donors (Lipinski definition) is 1. The number of nitrogens with one attached hydrogen (secondary N) is 1. The molecule has 0 aliphatic carbocycles. The third-order valence-corrected chi connectivity index (χ3v) is 5.52. The third kappa shape index (κ3) is 5.56. The van der Waals surface area contributed by atoms with Crippen molar-refractivity contribution in [2.24, 2.45) is 5.92 Å². The highest BCUT2D eigenvalue weighted by molar-refractivity contribution is 5.89. The maximum absolute atomic E-state index is 13.1. The fraction of sp³-hybridized carbons (Fsp3) is 0.440. The molecule has 1 aliphatic rings. The highest BCUT2D eigenvalue weighted by Gasteiger charge is 2.39. The Bertz CT molecular complexity index is 939. The van der Waals surface area contributed by atoms with Crippen molar-refractivity contribution in [1.82, 2.24) is 15.1 Å². The van der Waals surface area contributed by atoms with Crippen molar-refractivity contribution in [2.75, 3.05) is 19.6 Å². The Hall–Kier alpha value is -3.04. The van der Waals surface area contributed by atoms with E-state index in [9.17, 15) is 9.59 Å². The second-order valence-electron chi connectivity index (χ2n) is 8.28. The van der Waals surface area contributed by atoms with E-state index in [1.54, 1.807) is 11.2 Å². The zero-order valence-electron chi connectivity index (χ0n) is 18.7. The van der Waals surface area contributed by atoms with Crippen LogP contribution in [0.15, 0.2) is 47.1 Å². The zero-order valence-corrected chi connectivity index (χ0v) is 18.7. The molecule has 0 radical (unpaired) electrons. The largest absolute Gasteiger partial charge is 0.464 e. The van der Waals surface area contributed by atoms with Crippen LogP contribution in [0.5, 0.6) is 0 Å². The first-order valence-corrected chi connectivity index (χ1v) is 10.8. The van der Waals surface area contributed by atoms with E-state index >= 15 is 0 Å². The van der Waals surface area contributed by atoms with E-state index in [1.807, 2.05) is 64.1 Å². The number of benzene rings is 1. The fourth-order valence-corrected chi connectivity index (χ4v) is 3.91. The van der Waals surface area contributed by atoms with Crippen LogP contribution in [0, 0.1) is 17.8 Å². The number of nitrogens with zero attached hydrogens (tertiary/aromatic N) is 2. The van der Waals surface area contributed by atoms with Crippen molar-refractivity contribution in [3.8, 4) is 23.2 Å². The van der Waals surface area contributed by atoms with Gasteiger partial charge in [-0.2, -0.15) is 0 Å². The average molecular weight is 422 g/mol. The Morgan fingerprint density at radius 3 is 2.55 bits per heavy atom. The lowest BCUT2D eigenvalue weighted by molar-refractivity contribution is -0.149. The summed E-state index contributed by atoms with van der Waals surface area (Å²) < 4.78 is 5.42. The lowest BCUT2D eigenvalue weighted by Gasteiger charge is -2.45. The molecule has 2 amide bonds. The molecule has 1 aromatic carbocycles. The molecule has 1 aromatic heterocycles. The molecular formula is C25H31N3O3. The second-order valence-corrected chi connectivity index (χ2v) is 8.28. The molecule has 1 fully saturated rings. The molecule has 0 saturated carbocycles. The van der Waals surface area contributed by atoms with Gasteiger partial charge >= 0.3 is 0 Å². The molecule has 2 unspecified atom stereocenters. The summed E-state index contributed by atoms with van der Waals surface area (Å²) >= 11 is 0. The Kier molecular flexibility index (Phi) is 7.54. The number of rotatable bonds is 6. The second kappa shape index (κ2) is 10.3. The maximum Gasteiger partial charge on any atom is 0.244 e. The van der Waals surface area contributed by atoms with Gasteiger partial charge in [-0.25, -0.2) is 0 Å². The molecule has 1 aliphatic heterocycles. The van der Waals surface area contributed by atoms with Crippen LogP contribution in [-0.4, -0.2) is 53.3 Å². The SMILES string of the molecule is CC#CCN1CC(C)N(C(=O)C(C)C)C(C(=O)NCc2ccc(-c3ccco3)cc2)C1. The summed E-state index contributed by atoms with van der Waals surface area (Å²) in [6.45, 7) is 9.76. The molecule has 1 N–H and O–H groups in total. The smallest absolute Gasteiger partial charge is 0.244 e. The summed E-state index contributed by atoms with van der Waals surface area (Å²) in [5.41, 5.74) is 1.98. The summed E-state index contributed by atoms with van der Waals surface area (Å²) in [5.74, 6) is 6.51. The van der Waals surface area contributed by atoms with Crippen molar-refractivity contribution in [1.29, 1.82) is 0 Å². The van der Waals surface area contributed by atoms with Crippen molar-refractivity contribution < 1.29 is 14.0 Å². The number of carbonyl (C=O) groups excluding carboxylic acids is 2. The Morgan fingerprint density at radius 1 is 1.19 bits per heavy atom. The fourth-order valence-electron chi connectivity index (χ4n) is 3.91. The number of amides is 2. The monoisotopic (exact) mass is 421 g/mol. The normalized spacial score (nSPS) is 19.1. The Labute approximate surface area is 184 Å². The molecule has 1 saturated heterocycles. The highest BCUT2D eigenvalue weighted by Crippen LogP contribution is 2.21. The molecule has 31 heavy (non-hydrogen) atoms. The van der Waals surface area contributed by atoms with Gasteiger partial charge < -0.3 is 14.6 Å². The first-order valence-electron chi connectivity index (χ1n) is 10.8. The molecule has 0 spiro atoms. The van der Waals surface area contributed by atoms with Crippen LogP contribution in [0.4, 0.5) is 0 Å². The standard InChI is InChI=1S/C25H31N3O3/c1-5-6-13-27-16-19(4)28(25(30)18(2)3)22(17-27)24(29)26-15-20-9-11-21(12-10-20)23-8-7-14-31-23/h7-12,14,18-19,22H,13,15-17H2,1-4H3,(H,26,29). The van der Waals surface area contributed by atoms with Gasteiger partial charge in [0.1, 0.15) is 11.8 Å². The molecule has 164 valence electrons. The van der Waals surface area contributed by atoms with E-state index in [-0.39, 0.29) is 23.8 Å². The number of carbonyl (C=O) groups is 2. The summed E-state index contributed by atoms with van der Waals surface area (Å²) in [6.07, 6.45) is 1.65. The lowest BCUT2D eigenvalue weighted by Crippen LogP contribution is -2.64. The van der Waals surface area contributed by atoms with Crippen LogP contribution in [-0.2, 0) is 16.1 Å². The van der Waals surface area contributed by atoms with Crippen molar-refractivity contribution in [3.63, 3.8) is 0 Å². The summed E-state index contributed by atoms with van der Waals surface area (Å²) in [6, 6.07) is 11.1. The predicted molar refractivity (Wildman–Crippen MR) is 121 cm³/mol. The van der Waals surface area contributed by atoms with Gasteiger partial charge in [0.05, 0.1) is 12.8 Å². The quantitative estimate of drug-likeness (QED) is 0.728. The van der Waals surface area contributed by atoms with Gasteiger partial charge in [0.15, 0.2) is 0 Å². The van der Waals surface area contributed by atoms with E-state index in [4.69, 9.17) is 4.42 Å². The van der Waals surface area contributed by atoms with Gasteiger partial charge in [-0.3, -0.25) is 14.5 Å². The Balaban J connectivity index is 1.69. The molecule has 2 heterocycles. The molecule has 0 bridgehead atoms. The van der Waals surface area contributed by atoms with Crippen LogP contribution in [0.2, 0.25) is 0 Å². The summed E-state index contributed by atoms with van der Waals surface area (Å²) in [5, 5.41) is 3.02. The van der Waals surface area contributed by atoms with Gasteiger partial charge in [-0.05, 0) is 31.5 Å². The molecule has 3 rings (SSSR count). The van der Waals surface area contributed by atoms with E-state index in [0.29, 0.717) is 26.2 Å². The van der Waals surface area contributed by atoms with Crippen LogP contribution < -0.4 is 5.32 Å². The van der Waals surface area contributed by atoms with Gasteiger partial charge in [0.2, 0.25) is 11.8 Å². The van der Waals surface area contributed by atoms with Gasteiger partial charge in [-0.1, -0.05) is 44.0 Å². The zero-order chi connectivity index (χ0) is 22.4. The van der Waals surface area contributed by atoms with Crippen LogP contribution in [0.25, 0.3) is 11.3 Å². The van der Waals surface area contributed by atoms with Gasteiger partial charge in [0, 0.05) is 37.2 Å². The topological polar surface area (TPSA) is 65.8 Å². The van der Waals surface area contributed by atoms with Crippen molar-refractivity contribution in [3.05, 3.63) is 48.2 Å². The summed E-state index contributed by atoms with van der Waals surface area (Å²) in [4.78, 5) is 29.9. The minimum atomic E-state index is -0.528. The van der Waals surface area contributed by atoms with E-state index in [2.05, 4.69) is 22.1 Å². The molecule has 2 atom stereocenters. The summed E-state index contributed by atoms with van der Waals surface area (Å²) in [7, 11) is 0. The first kappa shape index (κ1) is 22.6. The van der Waals surface area contributed by atoms with E-state index < -0.39 is 6.04 Å². The number of furan rings is 1. The Morgan fingerprint density at radius 2 is 1.94 bits per heavy atom. The van der Waals surface area contributed by atoms with Crippen LogP contribution >= 0.6 is 0 Å². The molecule has 6 nitrogen and oxygen atoms in total. The van der Waals surface area contributed by atoms with Gasteiger partial charge in [-0.15, -0.1) is 5.92 Å². The van der Waals surface area contributed by atoms with Gasteiger partial charge in [0.25, 0.3) is 0 Å². The molecule has 2 aromatic rings. The molecular weight excluding hydrogens is 390 g/mol.